The second-order valence-corrected chi connectivity index (χ2v) is 5.15. The maximum atomic E-state index is 11.1. The van der Waals surface area contributed by atoms with Gasteiger partial charge in [0, 0.05) is 0 Å². The summed E-state index contributed by atoms with van der Waals surface area (Å²) < 4.78 is 1.67. The molecule has 7 heteroatoms. The van der Waals surface area contributed by atoms with E-state index < -0.39 is 12.0 Å². The van der Waals surface area contributed by atoms with Crippen molar-refractivity contribution in [2.45, 2.75) is 39.2 Å². The average molecular weight is 268 g/mol. The second kappa shape index (κ2) is 5.34. The molecule has 0 radical (unpaired) electrons. The van der Waals surface area contributed by atoms with Crippen LogP contribution in [0.2, 0.25) is 0 Å². The predicted molar refractivity (Wildman–Crippen MR) is 70.2 cm³/mol. The van der Waals surface area contributed by atoms with E-state index in [4.69, 9.17) is 5.11 Å². The molecule has 0 saturated heterocycles. The highest BCUT2D eigenvalue weighted by atomic mass is 32.1. The lowest BCUT2D eigenvalue weighted by molar-refractivity contribution is -0.138. The maximum absolute atomic E-state index is 11.1. The Kier molecular flexibility index (Phi) is 3.81. The van der Waals surface area contributed by atoms with Gasteiger partial charge in [0.2, 0.25) is 10.1 Å². The number of carboxylic acids is 1. The van der Waals surface area contributed by atoms with Crippen LogP contribution in [0.5, 0.6) is 0 Å². The van der Waals surface area contributed by atoms with Gasteiger partial charge in [-0.3, -0.25) is 0 Å². The van der Waals surface area contributed by atoms with E-state index in [1.807, 2.05) is 20.0 Å². The third-order valence-corrected chi connectivity index (χ3v) is 3.46. The van der Waals surface area contributed by atoms with Crippen molar-refractivity contribution in [2.75, 3.05) is 5.32 Å². The molecule has 98 valence electrons. The summed E-state index contributed by atoms with van der Waals surface area (Å²) in [6.07, 6.45) is 4.28. The number of aliphatic carboxylic acids is 1. The van der Waals surface area contributed by atoms with Crippen molar-refractivity contribution in [3.8, 4) is 0 Å². The van der Waals surface area contributed by atoms with Gasteiger partial charge in [0.15, 0.2) is 0 Å². The van der Waals surface area contributed by atoms with Crippen LogP contribution in [0.25, 0.3) is 4.96 Å². The van der Waals surface area contributed by atoms with E-state index >= 15 is 0 Å². The SMILES string of the molecule is CCCC[C@H](Nc1nn2cc(C)nc2s1)C(=O)O. The number of hydrogen-bond donors (Lipinski definition) is 2. The molecular weight excluding hydrogens is 252 g/mol. The molecule has 0 fully saturated rings. The molecule has 0 aliphatic heterocycles. The van der Waals surface area contributed by atoms with Crippen molar-refractivity contribution in [2.24, 2.45) is 0 Å². The van der Waals surface area contributed by atoms with Crippen LogP contribution in [0.1, 0.15) is 31.9 Å². The molecule has 1 atom stereocenters. The fourth-order valence-corrected chi connectivity index (χ4v) is 2.56. The number of nitrogens with one attached hydrogen (secondary N) is 1. The normalized spacial score (nSPS) is 12.8. The van der Waals surface area contributed by atoms with Crippen molar-refractivity contribution in [3.63, 3.8) is 0 Å². The van der Waals surface area contributed by atoms with Gasteiger partial charge in [-0.15, -0.1) is 5.10 Å². The van der Waals surface area contributed by atoms with Gasteiger partial charge in [-0.05, 0) is 13.3 Å². The summed E-state index contributed by atoms with van der Waals surface area (Å²) in [5.41, 5.74) is 0.904. The molecule has 0 aliphatic carbocycles. The number of rotatable bonds is 6. The van der Waals surface area contributed by atoms with E-state index in [1.54, 1.807) is 4.52 Å². The summed E-state index contributed by atoms with van der Waals surface area (Å²) in [5, 5.41) is 16.9. The number of carboxylic acid groups (broad SMARTS) is 1. The predicted octanol–water partition coefficient (Wildman–Crippen LogP) is 2.15. The smallest absolute Gasteiger partial charge is 0.326 e. The first-order valence-electron chi connectivity index (χ1n) is 5.92. The Hall–Kier alpha value is -1.63. The molecule has 2 N–H and O–H groups in total. The molecule has 0 saturated carbocycles. The van der Waals surface area contributed by atoms with Gasteiger partial charge in [-0.2, -0.15) is 0 Å². The molecule has 0 spiro atoms. The highest BCUT2D eigenvalue weighted by Gasteiger charge is 2.18. The fraction of sp³-hybridized carbons (Fsp3) is 0.545. The van der Waals surface area contributed by atoms with Crippen LogP contribution >= 0.6 is 11.3 Å². The lowest BCUT2D eigenvalue weighted by atomic mass is 10.1. The first-order chi connectivity index (χ1) is 8.60. The lowest BCUT2D eigenvalue weighted by Gasteiger charge is -2.12. The third-order valence-electron chi connectivity index (χ3n) is 2.61. The van der Waals surface area contributed by atoms with Gasteiger partial charge in [0.1, 0.15) is 6.04 Å². The molecule has 18 heavy (non-hydrogen) atoms. The van der Waals surface area contributed by atoms with Crippen molar-refractivity contribution >= 4 is 27.4 Å². The Balaban J connectivity index is 2.09. The third kappa shape index (κ3) is 2.79. The topological polar surface area (TPSA) is 79.5 Å². The van der Waals surface area contributed by atoms with Crippen LogP contribution in [0, 0.1) is 6.92 Å². The summed E-state index contributed by atoms with van der Waals surface area (Å²) in [4.78, 5) is 16.2. The summed E-state index contributed by atoms with van der Waals surface area (Å²) in [5.74, 6) is -0.840. The number of aryl methyl sites for hydroxylation is 1. The molecule has 2 rings (SSSR count). The molecular formula is C11H16N4O2S. The second-order valence-electron chi connectivity index (χ2n) is 4.19. The monoisotopic (exact) mass is 268 g/mol. The van der Waals surface area contributed by atoms with E-state index in [-0.39, 0.29) is 0 Å². The van der Waals surface area contributed by atoms with Crippen LogP contribution in [0.4, 0.5) is 5.13 Å². The summed E-state index contributed by atoms with van der Waals surface area (Å²) in [6.45, 7) is 3.94. The van der Waals surface area contributed by atoms with Gasteiger partial charge in [-0.25, -0.2) is 14.3 Å². The Morgan fingerprint density at radius 1 is 1.67 bits per heavy atom. The quantitative estimate of drug-likeness (QED) is 0.839. The number of nitrogens with zero attached hydrogens (tertiary/aromatic N) is 3. The maximum Gasteiger partial charge on any atom is 0.326 e. The van der Waals surface area contributed by atoms with Crippen LogP contribution in [0.15, 0.2) is 6.20 Å². The number of imidazole rings is 1. The standard InChI is InChI=1S/C11H16N4O2S/c1-3-4-5-8(9(16)17)13-10-14-15-6-7(2)12-11(15)18-10/h6,8H,3-5H2,1-2H3,(H,13,14)(H,16,17)/t8-/m0/s1. The molecule has 2 aromatic heterocycles. The minimum atomic E-state index is -0.840. The van der Waals surface area contributed by atoms with Gasteiger partial charge >= 0.3 is 5.97 Å². The van der Waals surface area contributed by atoms with Crippen LogP contribution in [-0.2, 0) is 4.79 Å². The number of unbranched alkanes of at least 4 members (excludes halogenated alkanes) is 1. The summed E-state index contributed by atoms with van der Waals surface area (Å²) >= 11 is 1.36. The first-order valence-corrected chi connectivity index (χ1v) is 6.74. The van der Waals surface area contributed by atoms with Crippen molar-refractivity contribution in [1.82, 2.24) is 14.6 Å². The van der Waals surface area contributed by atoms with E-state index in [0.29, 0.717) is 11.6 Å². The first kappa shape index (κ1) is 12.8. The molecule has 0 amide bonds. The number of fused-ring (bicyclic) bond motifs is 1. The van der Waals surface area contributed by atoms with Gasteiger partial charge < -0.3 is 10.4 Å². The fourth-order valence-electron chi connectivity index (χ4n) is 1.68. The van der Waals surface area contributed by atoms with Crippen molar-refractivity contribution in [3.05, 3.63) is 11.9 Å². The lowest BCUT2D eigenvalue weighted by Crippen LogP contribution is -2.29. The van der Waals surface area contributed by atoms with E-state index in [2.05, 4.69) is 15.4 Å². The Labute approximate surface area is 109 Å². The Bertz CT molecular complexity index is 517. The van der Waals surface area contributed by atoms with Gasteiger partial charge in [0.25, 0.3) is 0 Å². The molecule has 0 unspecified atom stereocenters. The summed E-state index contributed by atoms with van der Waals surface area (Å²) in [6, 6.07) is -0.582. The minimum absolute atomic E-state index is 0.582. The Morgan fingerprint density at radius 3 is 3.06 bits per heavy atom. The minimum Gasteiger partial charge on any atom is -0.480 e. The van der Waals surface area contributed by atoms with Crippen LogP contribution < -0.4 is 5.32 Å². The van der Waals surface area contributed by atoms with Gasteiger partial charge in [-0.1, -0.05) is 31.1 Å². The zero-order valence-corrected chi connectivity index (χ0v) is 11.2. The molecule has 0 bridgehead atoms. The number of anilines is 1. The van der Waals surface area contributed by atoms with Crippen LogP contribution in [-0.4, -0.2) is 31.7 Å². The van der Waals surface area contributed by atoms with Gasteiger partial charge in [0.05, 0.1) is 11.9 Å². The zero-order valence-electron chi connectivity index (χ0n) is 10.4. The van der Waals surface area contributed by atoms with E-state index in [9.17, 15) is 4.79 Å². The molecule has 0 aromatic carbocycles. The number of aromatic nitrogens is 3. The van der Waals surface area contributed by atoms with E-state index in [1.165, 1.54) is 11.3 Å². The highest BCUT2D eigenvalue weighted by Crippen LogP contribution is 2.20. The van der Waals surface area contributed by atoms with E-state index in [0.717, 1.165) is 23.5 Å². The number of hydrogen-bond acceptors (Lipinski definition) is 5. The van der Waals surface area contributed by atoms with Crippen LogP contribution in [0.3, 0.4) is 0 Å². The molecule has 6 nitrogen and oxygen atoms in total. The molecule has 2 heterocycles. The van der Waals surface area contributed by atoms with Crippen molar-refractivity contribution in [1.29, 1.82) is 0 Å². The highest BCUT2D eigenvalue weighted by molar-refractivity contribution is 7.20. The Morgan fingerprint density at radius 2 is 2.44 bits per heavy atom. The largest absolute Gasteiger partial charge is 0.480 e. The molecule has 0 aliphatic rings. The summed E-state index contributed by atoms with van der Waals surface area (Å²) in [7, 11) is 0. The zero-order chi connectivity index (χ0) is 13.1. The van der Waals surface area contributed by atoms with Crippen molar-refractivity contribution < 1.29 is 9.90 Å². The average Bonchev–Trinajstić information content (AvgIpc) is 2.80. The molecule has 2 aromatic rings. The number of carbonyl (C=O) groups is 1.